The first kappa shape index (κ1) is 16.4. The van der Waals surface area contributed by atoms with Crippen LogP contribution in [0, 0.1) is 0 Å². The van der Waals surface area contributed by atoms with Gasteiger partial charge in [0.1, 0.15) is 11.3 Å². The minimum absolute atomic E-state index is 0.128. The molecule has 0 aliphatic rings. The van der Waals surface area contributed by atoms with Gasteiger partial charge in [0, 0.05) is 6.54 Å². The molecule has 1 rings (SSSR count). The summed E-state index contributed by atoms with van der Waals surface area (Å²) in [4.78, 5) is 12.8. The summed E-state index contributed by atoms with van der Waals surface area (Å²) in [7, 11) is -0.0971. The summed E-state index contributed by atoms with van der Waals surface area (Å²) in [5.41, 5.74) is -0.221. The Labute approximate surface area is 118 Å². The molecule has 112 valence electrons. The molecule has 0 radical (unpaired) electrons. The van der Waals surface area contributed by atoms with E-state index in [0.29, 0.717) is 6.61 Å². The number of hydrogen-bond donors (Lipinski definition) is 2. The summed E-state index contributed by atoms with van der Waals surface area (Å²) in [6.07, 6.45) is 0.725. The van der Waals surface area contributed by atoms with Crippen LogP contribution in [0.2, 0.25) is 0 Å². The lowest BCUT2D eigenvalue weighted by atomic mass is 10.2. The molecule has 0 unspecified atom stereocenters. The predicted molar refractivity (Wildman–Crippen MR) is 73.4 cm³/mol. The van der Waals surface area contributed by atoms with Crippen LogP contribution in [-0.2, 0) is 10.0 Å². The highest BCUT2D eigenvalue weighted by Crippen LogP contribution is 2.22. The Hall–Kier alpha value is -1.64. The first-order valence-electron chi connectivity index (χ1n) is 5.89. The van der Waals surface area contributed by atoms with Crippen LogP contribution in [0.5, 0.6) is 5.75 Å². The molecule has 7 nitrogen and oxygen atoms in total. The molecule has 0 bridgehead atoms. The second-order valence-electron chi connectivity index (χ2n) is 4.51. The Morgan fingerprint density at radius 1 is 1.40 bits per heavy atom. The van der Waals surface area contributed by atoms with Crippen LogP contribution in [0.25, 0.3) is 0 Å². The Kier molecular flexibility index (Phi) is 5.49. The van der Waals surface area contributed by atoms with E-state index in [4.69, 9.17) is 15.0 Å². The SMILES string of the molecule is CN(C)CCCOc1ccc(S(N)(=O)=O)cc1C(=O)O. The monoisotopic (exact) mass is 302 g/mol. The number of carbonyl (C=O) groups is 1. The number of carboxylic acids is 1. The third-order valence-electron chi connectivity index (χ3n) is 2.52. The molecule has 1 aromatic carbocycles. The number of sulfonamides is 1. The number of rotatable bonds is 7. The van der Waals surface area contributed by atoms with Gasteiger partial charge in [-0.05, 0) is 38.7 Å². The van der Waals surface area contributed by atoms with Crippen molar-refractivity contribution in [1.82, 2.24) is 4.90 Å². The minimum atomic E-state index is -3.94. The molecule has 0 aromatic heterocycles. The van der Waals surface area contributed by atoms with Crippen LogP contribution in [-0.4, -0.2) is 51.6 Å². The molecule has 0 saturated carbocycles. The maximum atomic E-state index is 11.2. The molecule has 0 spiro atoms. The highest BCUT2D eigenvalue weighted by atomic mass is 32.2. The zero-order valence-electron chi connectivity index (χ0n) is 11.4. The number of aromatic carboxylic acids is 1. The molecule has 0 atom stereocenters. The van der Waals surface area contributed by atoms with Gasteiger partial charge >= 0.3 is 5.97 Å². The Bertz CT molecular complexity index is 584. The highest BCUT2D eigenvalue weighted by molar-refractivity contribution is 7.89. The van der Waals surface area contributed by atoms with E-state index >= 15 is 0 Å². The van der Waals surface area contributed by atoms with Gasteiger partial charge < -0.3 is 14.7 Å². The summed E-state index contributed by atoms with van der Waals surface area (Å²) in [6, 6.07) is 3.53. The number of benzene rings is 1. The fourth-order valence-corrected chi connectivity index (χ4v) is 2.08. The van der Waals surface area contributed by atoms with E-state index in [1.165, 1.54) is 12.1 Å². The van der Waals surface area contributed by atoms with Gasteiger partial charge in [0.25, 0.3) is 0 Å². The van der Waals surface area contributed by atoms with Crippen LogP contribution >= 0.6 is 0 Å². The van der Waals surface area contributed by atoms with Gasteiger partial charge in [0.15, 0.2) is 0 Å². The van der Waals surface area contributed by atoms with Crippen LogP contribution < -0.4 is 9.88 Å². The molecule has 0 fully saturated rings. The third kappa shape index (κ3) is 4.80. The lowest BCUT2D eigenvalue weighted by Crippen LogP contribution is -2.16. The van der Waals surface area contributed by atoms with Crippen molar-refractivity contribution in [3.8, 4) is 5.75 Å². The van der Waals surface area contributed by atoms with E-state index in [1.54, 1.807) is 0 Å². The molecule has 3 N–H and O–H groups in total. The number of hydrogen-bond acceptors (Lipinski definition) is 5. The minimum Gasteiger partial charge on any atom is -0.493 e. The van der Waals surface area contributed by atoms with Crippen molar-refractivity contribution < 1.29 is 23.1 Å². The van der Waals surface area contributed by atoms with E-state index in [2.05, 4.69) is 0 Å². The van der Waals surface area contributed by atoms with Crippen molar-refractivity contribution in [2.24, 2.45) is 5.14 Å². The summed E-state index contributed by atoms with van der Waals surface area (Å²) < 4.78 is 27.8. The van der Waals surface area contributed by atoms with E-state index in [-0.39, 0.29) is 16.2 Å². The molecule has 8 heteroatoms. The first-order valence-corrected chi connectivity index (χ1v) is 7.44. The summed E-state index contributed by atoms with van der Waals surface area (Å²) in [6.45, 7) is 1.14. The predicted octanol–water partition coefficient (Wildman–Crippen LogP) is 0.363. The van der Waals surface area contributed by atoms with Crippen LogP contribution in [0.15, 0.2) is 23.1 Å². The van der Waals surface area contributed by atoms with Gasteiger partial charge in [-0.25, -0.2) is 18.4 Å². The second-order valence-corrected chi connectivity index (χ2v) is 6.07. The van der Waals surface area contributed by atoms with Gasteiger partial charge in [0.2, 0.25) is 10.0 Å². The number of nitrogens with zero attached hydrogens (tertiary/aromatic N) is 1. The average Bonchev–Trinajstić information content (AvgIpc) is 2.33. The topological polar surface area (TPSA) is 110 Å². The Morgan fingerprint density at radius 3 is 2.55 bits per heavy atom. The third-order valence-corrected chi connectivity index (χ3v) is 3.43. The molecule has 20 heavy (non-hydrogen) atoms. The zero-order valence-corrected chi connectivity index (χ0v) is 12.2. The van der Waals surface area contributed by atoms with E-state index in [1.807, 2.05) is 19.0 Å². The lowest BCUT2D eigenvalue weighted by Gasteiger charge is -2.12. The van der Waals surface area contributed by atoms with Crippen molar-refractivity contribution in [2.75, 3.05) is 27.2 Å². The molecule has 0 aliphatic carbocycles. The van der Waals surface area contributed by atoms with Crippen molar-refractivity contribution in [3.63, 3.8) is 0 Å². The van der Waals surface area contributed by atoms with Gasteiger partial charge in [-0.2, -0.15) is 0 Å². The van der Waals surface area contributed by atoms with Crippen LogP contribution in [0.4, 0.5) is 0 Å². The van der Waals surface area contributed by atoms with Crippen LogP contribution in [0.1, 0.15) is 16.8 Å². The maximum absolute atomic E-state index is 11.2. The largest absolute Gasteiger partial charge is 0.493 e. The summed E-state index contributed by atoms with van der Waals surface area (Å²) >= 11 is 0. The molecule has 0 amide bonds. The molecular formula is C12H18N2O5S. The van der Waals surface area contributed by atoms with Crippen molar-refractivity contribution in [1.29, 1.82) is 0 Å². The highest BCUT2D eigenvalue weighted by Gasteiger charge is 2.16. The Balaban J connectivity index is 2.89. The smallest absolute Gasteiger partial charge is 0.339 e. The second kappa shape index (κ2) is 6.69. The molecule has 0 aliphatic heterocycles. The normalized spacial score (nSPS) is 11.6. The number of carboxylic acid groups (broad SMARTS) is 1. The molecular weight excluding hydrogens is 284 g/mol. The standard InChI is InChI=1S/C12H18N2O5S/c1-14(2)6-3-7-19-11-5-4-9(20(13,17)18)8-10(11)12(15)16/h4-5,8H,3,6-7H2,1-2H3,(H,15,16)(H2,13,17,18). The van der Waals surface area contributed by atoms with E-state index in [9.17, 15) is 13.2 Å². The summed E-state index contributed by atoms with van der Waals surface area (Å²) in [5, 5.41) is 14.0. The quantitative estimate of drug-likeness (QED) is 0.704. The molecule has 1 aromatic rings. The lowest BCUT2D eigenvalue weighted by molar-refractivity contribution is 0.0691. The number of ether oxygens (including phenoxy) is 1. The maximum Gasteiger partial charge on any atom is 0.339 e. The van der Waals surface area contributed by atoms with E-state index < -0.39 is 16.0 Å². The number of primary sulfonamides is 1. The van der Waals surface area contributed by atoms with Crippen molar-refractivity contribution in [2.45, 2.75) is 11.3 Å². The van der Waals surface area contributed by atoms with Crippen molar-refractivity contribution >= 4 is 16.0 Å². The van der Waals surface area contributed by atoms with Gasteiger partial charge in [-0.15, -0.1) is 0 Å². The zero-order chi connectivity index (χ0) is 15.3. The number of nitrogens with two attached hydrogens (primary N) is 1. The van der Waals surface area contributed by atoms with Gasteiger partial charge in [0.05, 0.1) is 11.5 Å². The Morgan fingerprint density at radius 2 is 2.05 bits per heavy atom. The first-order chi connectivity index (χ1) is 9.21. The summed E-state index contributed by atoms with van der Waals surface area (Å²) in [5.74, 6) is -1.14. The van der Waals surface area contributed by atoms with E-state index in [0.717, 1.165) is 19.0 Å². The fraction of sp³-hybridized carbons (Fsp3) is 0.417. The van der Waals surface area contributed by atoms with Crippen molar-refractivity contribution in [3.05, 3.63) is 23.8 Å². The van der Waals surface area contributed by atoms with Crippen LogP contribution in [0.3, 0.4) is 0 Å². The molecule has 0 saturated heterocycles. The fourth-order valence-electron chi connectivity index (χ4n) is 1.54. The average molecular weight is 302 g/mol. The van der Waals surface area contributed by atoms with Gasteiger partial charge in [-0.3, -0.25) is 0 Å². The van der Waals surface area contributed by atoms with Gasteiger partial charge in [-0.1, -0.05) is 0 Å². The molecule has 0 heterocycles.